The Labute approximate surface area is 146 Å². The van der Waals surface area contributed by atoms with Crippen LogP contribution in [0.1, 0.15) is 32.1 Å². The largest absolute Gasteiger partial charge is 0.449 e. The maximum Gasteiger partial charge on any atom is 0.418 e. The minimum Gasteiger partial charge on any atom is -0.449 e. The molecule has 2 aromatic rings. The molecule has 0 bridgehead atoms. The van der Waals surface area contributed by atoms with Crippen LogP contribution in [0.2, 0.25) is 0 Å². The lowest BCUT2D eigenvalue weighted by atomic mass is 9.90. The highest BCUT2D eigenvalue weighted by molar-refractivity contribution is 5.95. The van der Waals surface area contributed by atoms with Crippen LogP contribution in [0.25, 0.3) is 0 Å². The molecule has 0 aromatic heterocycles. The van der Waals surface area contributed by atoms with Gasteiger partial charge in [-0.3, -0.25) is 0 Å². The third-order valence-electron chi connectivity index (χ3n) is 4.47. The van der Waals surface area contributed by atoms with Crippen LogP contribution in [-0.4, -0.2) is 12.7 Å². The molecule has 1 fully saturated rings. The summed E-state index contributed by atoms with van der Waals surface area (Å²) in [6, 6.07) is 11.7. The third-order valence-corrected chi connectivity index (χ3v) is 4.47. The summed E-state index contributed by atoms with van der Waals surface area (Å²) in [4.78, 5) is 13.9. The molecule has 0 N–H and O–H groups in total. The van der Waals surface area contributed by atoms with E-state index in [4.69, 9.17) is 4.74 Å². The molecule has 25 heavy (non-hydrogen) atoms. The van der Waals surface area contributed by atoms with Gasteiger partial charge in [-0.05, 0) is 43.0 Å². The molecule has 0 spiro atoms. The van der Waals surface area contributed by atoms with Crippen LogP contribution in [-0.2, 0) is 4.74 Å². The van der Waals surface area contributed by atoms with E-state index in [0.717, 1.165) is 43.9 Å². The summed E-state index contributed by atoms with van der Waals surface area (Å²) >= 11 is 0. The molecule has 0 aliphatic heterocycles. The molecule has 0 heterocycles. The Kier molecular flexibility index (Phi) is 5.64. The summed E-state index contributed by atoms with van der Waals surface area (Å²) < 4.78 is 32.7. The molecule has 0 atom stereocenters. The first-order chi connectivity index (χ1) is 12.1. The second-order valence-corrected chi connectivity index (χ2v) is 6.38. The van der Waals surface area contributed by atoms with Gasteiger partial charge in [-0.1, -0.05) is 37.5 Å². The maximum absolute atomic E-state index is 13.6. The molecule has 0 radical (unpaired) electrons. The van der Waals surface area contributed by atoms with Gasteiger partial charge >= 0.3 is 6.09 Å². The van der Waals surface area contributed by atoms with Gasteiger partial charge in [0, 0.05) is 6.07 Å². The van der Waals surface area contributed by atoms with E-state index in [1.54, 1.807) is 30.3 Å². The highest BCUT2D eigenvalue weighted by atomic mass is 19.1. The van der Waals surface area contributed by atoms with Crippen LogP contribution in [0, 0.1) is 17.6 Å². The average molecular weight is 345 g/mol. The molecule has 5 heteroatoms. The molecule has 1 amide bonds. The molecule has 1 aliphatic carbocycles. The van der Waals surface area contributed by atoms with E-state index in [9.17, 15) is 13.6 Å². The second-order valence-electron chi connectivity index (χ2n) is 6.38. The van der Waals surface area contributed by atoms with Gasteiger partial charge in [0.05, 0.1) is 18.0 Å². The van der Waals surface area contributed by atoms with Crippen molar-refractivity contribution in [1.29, 1.82) is 0 Å². The molecule has 3 nitrogen and oxygen atoms in total. The van der Waals surface area contributed by atoms with Gasteiger partial charge in [-0.2, -0.15) is 0 Å². The predicted octanol–water partition coefficient (Wildman–Crippen LogP) is 5.82. The van der Waals surface area contributed by atoms with Crippen LogP contribution in [0.4, 0.5) is 25.0 Å². The quantitative estimate of drug-likeness (QED) is 0.699. The van der Waals surface area contributed by atoms with Gasteiger partial charge in [-0.25, -0.2) is 18.5 Å². The van der Waals surface area contributed by atoms with Gasteiger partial charge in [0.2, 0.25) is 0 Å². The standard InChI is InChI=1S/C20H21F2NO2/c21-16-11-17(22)13-19(12-16)23(18-9-5-2-6-10-18)20(24)25-14-15-7-3-1-4-8-15/h2,5-6,9-13,15H,1,3-4,7-8,14H2. The van der Waals surface area contributed by atoms with E-state index in [1.165, 1.54) is 11.3 Å². The highest BCUT2D eigenvalue weighted by Crippen LogP contribution is 2.29. The summed E-state index contributed by atoms with van der Waals surface area (Å²) in [5.74, 6) is -1.12. The number of carbonyl (C=O) groups excluding carboxylic acids is 1. The number of hydrogen-bond acceptors (Lipinski definition) is 2. The fraction of sp³-hybridized carbons (Fsp3) is 0.350. The molecule has 0 unspecified atom stereocenters. The normalized spacial score (nSPS) is 15.0. The predicted molar refractivity (Wildman–Crippen MR) is 92.9 cm³/mol. The number of halogens is 2. The van der Waals surface area contributed by atoms with Gasteiger partial charge in [0.15, 0.2) is 0 Å². The summed E-state index contributed by atoms with van der Waals surface area (Å²) in [5, 5.41) is 0. The molecule has 1 saturated carbocycles. The Morgan fingerprint density at radius 1 is 0.960 bits per heavy atom. The minimum absolute atomic E-state index is 0.109. The number of anilines is 2. The van der Waals surface area contributed by atoms with Crippen molar-refractivity contribution in [3.05, 3.63) is 60.2 Å². The summed E-state index contributed by atoms with van der Waals surface area (Å²) in [7, 11) is 0. The monoisotopic (exact) mass is 345 g/mol. The van der Waals surface area contributed by atoms with E-state index in [2.05, 4.69) is 0 Å². The zero-order valence-corrected chi connectivity index (χ0v) is 14.0. The number of carbonyl (C=O) groups is 1. The lowest BCUT2D eigenvalue weighted by Gasteiger charge is -2.25. The smallest absolute Gasteiger partial charge is 0.418 e. The van der Waals surface area contributed by atoms with Crippen molar-refractivity contribution in [2.45, 2.75) is 32.1 Å². The molecule has 1 aliphatic rings. The van der Waals surface area contributed by atoms with Crippen molar-refractivity contribution in [2.75, 3.05) is 11.5 Å². The number of rotatable bonds is 4. The Hall–Kier alpha value is -2.43. The molecule has 2 aromatic carbocycles. The van der Waals surface area contributed by atoms with Gasteiger partial charge in [0.25, 0.3) is 0 Å². The first-order valence-corrected chi connectivity index (χ1v) is 8.61. The first-order valence-electron chi connectivity index (χ1n) is 8.61. The molecule has 0 saturated heterocycles. The van der Waals surface area contributed by atoms with Crippen LogP contribution >= 0.6 is 0 Å². The fourth-order valence-electron chi connectivity index (χ4n) is 3.21. The molecular weight excluding hydrogens is 324 g/mol. The topological polar surface area (TPSA) is 29.5 Å². The van der Waals surface area contributed by atoms with Crippen molar-refractivity contribution < 1.29 is 18.3 Å². The number of para-hydroxylation sites is 1. The Balaban J connectivity index is 1.82. The van der Waals surface area contributed by atoms with E-state index >= 15 is 0 Å². The van der Waals surface area contributed by atoms with E-state index in [1.807, 2.05) is 0 Å². The Morgan fingerprint density at radius 3 is 2.24 bits per heavy atom. The van der Waals surface area contributed by atoms with Crippen LogP contribution in [0.5, 0.6) is 0 Å². The van der Waals surface area contributed by atoms with Gasteiger partial charge in [-0.15, -0.1) is 0 Å². The first kappa shape index (κ1) is 17.4. The van der Waals surface area contributed by atoms with Crippen molar-refractivity contribution in [3.8, 4) is 0 Å². The number of amides is 1. The third kappa shape index (κ3) is 4.56. The summed E-state index contributed by atoms with van der Waals surface area (Å²) in [6.07, 6.45) is 5.00. The number of nitrogens with zero attached hydrogens (tertiary/aromatic N) is 1. The van der Waals surface area contributed by atoms with Crippen molar-refractivity contribution >= 4 is 17.5 Å². The van der Waals surface area contributed by atoms with Crippen molar-refractivity contribution in [2.24, 2.45) is 5.92 Å². The number of benzene rings is 2. The van der Waals surface area contributed by atoms with Gasteiger partial charge < -0.3 is 4.74 Å². The molecule has 3 rings (SSSR count). The average Bonchev–Trinajstić information content (AvgIpc) is 2.61. The number of hydrogen-bond donors (Lipinski definition) is 0. The lowest BCUT2D eigenvalue weighted by Crippen LogP contribution is -2.29. The van der Waals surface area contributed by atoms with Gasteiger partial charge in [0.1, 0.15) is 11.6 Å². The lowest BCUT2D eigenvalue weighted by molar-refractivity contribution is 0.124. The highest BCUT2D eigenvalue weighted by Gasteiger charge is 2.23. The van der Waals surface area contributed by atoms with E-state index in [0.29, 0.717) is 18.2 Å². The zero-order valence-electron chi connectivity index (χ0n) is 14.0. The van der Waals surface area contributed by atoms with Crippen molar-refractivity contribution in [1.82, 2.24) is 0 Å². The van der Waals surface area contributed by atoms with E-state index < -0.39 is 17.7 Å². The fourth-order valence-corrected chi connectivity index (χ4v) is 3.21. The SMILES string of the molecule is O=C(OCC1CCCCC1)N(c1ccccc1)c1cc(F)cc(F)c1. The van der Waals surface area contributed by atoms with Crippen LogP contribution in [0.15, 0.2) is 48.5 Å². The maximum atomic E-state index is 13.6. The Morgan fingerprint density at radius 2 is 1.60 bits per heavy atom. The van der Waals surface area contributed by atoms with E-state index in [-0.39, 0.29) is 5.69 Å². The Bertz CT molecular complexity index is 695. The van der Waals surface area contributed by atoms with Crippen molar-refractivity contribution in [3.63, 3.8) is 0 Å². The van der Waals surface area contributed by atoms with Crippen LogP contribution < -0.4 is 4.90 Å². The number of ether oxygens (including phenoxy) is 1. The molecular formula is C20H21F2NO2. The summed E-state index contributed by atoms with van der Waals surface area (Å²) in [5.41, 5.74) is 0.610. The molecule has 132 valence electrons. The van der Waals surface area contributed by atoms with Crippen LogP contribution in [0.3, 0.4) is 0 Å². The summed E-state index contributed by atoms with van der Waals surface area (Å²) in [6.45, 7) is 0.333. The minimum atomic E-state index is -0.740. The second kappa shape index (κ2) is 8.10. The zero-order chi connectivity index (χ0) is 17.6.